The fourth-order valence-corrected chi connectivity index (χ4v) is 3.18. The fraction of sp³-hybridized carbons (Fsp3) is 0.182. The molecule has 0 aliphatic heterocycles. The van der Waals surface area contributed by atoms with Crippen LogP contribution in [0.25, 0.3) is 23.4 Å². The molecule has 3 rings (SSSR count). The SMILES string of the molecule is CCNC(=O)COc1ccc(/C=C/c2nc(-c3ccc(C)cc3)cs2)cc1. The summed E-state index contributed by atoms with van der Waals surface area (Å²) in [4.78, 5) is 16.1. The Morgan fingerprint density at radius 1 is 1.11 bits per heavy atom. The zero-order chi connectivity index (χ0) is 19.1. The van der Waals surface area contributed by atoms with Gasteiger partial charge in [-0.25, -0.2) is 4.98 Å². The Hall–Kier alpha value is -2.92. The van der Waals surface area contributed by atoms with Gasteiger partial charge in [0.25, 0.3) is 5.91 Å². The van der Waals surface area contributed by atoms with Gasteiger partial charge in [-0.15, -0.1) is 11.3 Å². The molecule has 0 aliphatic carbocycles. The number of likely N-dealkylation sites (N-methyl/N-ethyl adjacent to an activating group) is 1. The number of aryl methyl sites for hydroxylation is 1. The Morgan fingerprint density at radius 2 is 1.85 bits per heavy atom. The molecule has 1 aromatic heterocycles. The standard InChI is InChI=1S/C22H22N2O2S/c1-3-23-21(25)14-26-19-11-6-17(7-12-19)8-13-22-24-20(15-27-22)18-9-4-16(2)5-10-18/h4-13,15H,3,14H2,1-2H3,(H,23,25)/b13-8+. The molecule has 0 fully saturated rings. The van der Waals surface area contributed by atoms with Gasteiger partial charge >= 0.3 is 0 Å². The molecule has 0 bridgehead atoms. The second-order valence-electron chi connectivity index (χ2n) is 6.08. The number of carbonyl (C=O) groups excluding carboxylic acids is 1. The zero-order valence-electron chi connectivity index (χ0n) is 15.4. The Kier molecular flexibility index (Phi) is 6.39. The quantitative estimate of drug-likeness (QED) is 0.642. The van der Waals surface area contributed by atoms with Crippen molar-refractivity contribution in [3.63, 3.8) is 0 Å². The maximum atomic E-state index is 11.4. The number of ether oxygens (including phenoxy) is 1. The molecule has 1 amide bonds. The van der Waals surface area contributed by atoms with E-state index in [1.165, 1.54) is 5.56 Å². The summed E-state index contributed by atoms with van der Waals surface area (Å²) >= 11 is 1.62. The molecule has 4 nitrogen and oxygen atoms in total. The summed E-state index contributed by atoms with van der Waals surface area (Å²) in [7, 11) is 0. The van der Waals surface area contributed by atoms with Crippen LogP contribution in [0.1, 0.15) is 23.1 Å². The zero-order valence-corrected chi connectivity index (χ0v) is 16.3. The summed E-state index contributed by atoms with van der Waals surface area (Å²) in [5.41, 5.74) is 4.42. The minimum atomic E-state index is -0.116. The minimum Gasteiger partial charge on any atom is -0.484 e. The first-order valence-corrected chi connectivity index (χ1v) is 9.72. The molecule has 1 N–H and O–H groups in total. The number of aromatic nitrogens is 1. The van der Waals surface area contributed by atoms with Crippen LogP contribution in [0.3, 0.4) is 0 Å². The van der Waals surface area contributed by atoms with Crippen LogP contribution in [-0.4, -0.2) is 24.0 Å². The van der Waals surface area contributed by atoms with E-state index in [9.17, 15) is 4.79 Å². The van der Waals surface area contributed by atoms with Crippen molar-refractivity contribution in [1.29, 1.82) is 0 Å². The molecular weight excluding hydrogens is 356 g/mol. The summed E-state index contributed by atoms with van der Waals surface area (Å²) in [6.45, 7) is 4.60. The summed E-state index contributed by atoms with van der Waals surface area (Å²) < 4.78 is 5.45. The molecule has 0 saturated carbocycles. The van der Waals surface area contributed by atoms with Crippen molar-refractivity contribution >= 4 is 29.4 Å². The first-order chi connectivity index (χ1) is 13.1. The molecule has 0 spiro atoms. The predicted molar refractivity (Wildman–Crippen MR) is 112 cm³/mol. The van der Waals surface area contributed by atoms with E-state index < -0.39 is 0 Å². The van der Waals surface area contributed by atoms with Crippen molar-refractivity contribution in [2.75, 3.05) is 13.2 Å². The number of benzene rings is 2. The Bertz CT molecular complexity index is 912. The number of amides is 1. The van der Waals surface area contributed by atoms with Crippen LogP contribution in [0, 0.1) is 6.92 Å². The lowest BCUT2D eigenvalue weighted by Gasteiger charge is -2.06. The summed E-state index contributed by atoms with van der Waals surface area (Å²) in [6, 6.07) is 16.0. The van der Waals surface area contributed by atoms with Crippen LogP contribution in [0.2, 0.25) is 0 Å². The minimum absolute atomic E-state index is 0.0317. The lowest BCUT2D eigenvalue weighted by Crippen LogP contribution is -2.28. The van der Waals surface area contributed by atoms with Crippen LogP contribution in [0.4, 0.5) is 0 Å². The lowest BCUT2D eigenvalue weighted by atomic mass is 10.1. The highest BCUT2D eigenvalue weighted by Gasteiger charge is 2.03. The number of nitrogens with zero attached hydrogens (tertiary/aromatic N) is 1. The predicted octanol–water partition coefficient (Wildman–Crippen LogP) is 4.80. The number of rotatable bonds is 7. The van der Waals surface area contributed by atoms with Gasteiger partial charge in [-0.2, -0.15) is 0 Å². The molecule has 27 heavy (non-hydrogen) atoms. The summed E-state index contributed by atoms with van der Waals surface area (Å²) in [6.07, 6.45) is 4.03. The topological polar surface area (TPSA) is 51.2 Å². The van der Waals surface area contributed by atoms with E-state index in [-0.39, 0.29) is 12.5 Å². The second kappa shape index (κ2) is 9.14. The third-order valence-electron chi connectivity index (χ3n) is 3.91. The maximum Gasteiger partial charge on any atom is 0.257 e. The molecule has 5 heteroatoms. The van der Waals surface area contributed by atoms with Crippen molar-refractivity contribution in [3.8, 4) is 17.0 Å². The van der Waals surface area contributed by atoms with Gasteiger partial charge in [-0.3, -0.25) is 4.79 Å². The molecular formula is C22H22N2O2S. The van der Waals surface area contributed by atoms with Gasteiger partial charge in [0, 0.05) is 17.5 Å². The molecule has 1 heterocycles. The molecule has 0 unspecified atom stereocenters. The molecule has 0 radical (unpaired) electrons. The first kappa shape index (κ1) is 18.9. The average molecular weight is 378 g/mol. The highest BCUT2D eigenvalue weighted by molar-refractivity contribution is 7.10. The molecule has 138 valence electrons. The van der Waals surface area contributed by atoms with E-state index >= 15 is 0 Å². The van der Waals surface area contributed by atoms with Crippen LogP contribution in [0.15, 0.2) is 53.9 Å². The van der Waals surface area contributed by atoms with Crippen LogP contribution in [-0.2, 0) is 4.79 Å². The normalized spacial score (nSPS) is 10.9. The van der Waals surface area contributed by atoms with Gasteiger partial charge in [-0.05, 0) is 37.6 Å². The van der Waals surface area contributed by atoms with Crippen molar-refractivity contribution in [3.05, 3.63) is 70.0 Å². The third-order valence-corrected chi connectivity index (χ3v) is 4.72. The van der Waals surface area contributed by atoms with Gasteiger partial charge < -0.3 is 10.1 Å². The van der Waals surface area contributed by atoms with Crippen molar-refractivity contribution in [2.45, 2.75) is 13.8 Å². The van der Waals surface area contributed by atoms with E-state index in [1.807, 2.05) is 43.3 Å². The van der Waals surface area contributed by atoms with Gasteiger partial charge in [0.1, 0.15) is 10.8 Å². The van der Waals surface area contributed by atoms with E-state index in [2.05, 4.69) is 46.9 Å². The molecule has 0 saturated heterocycles. The monoisotopic (exact) mass is 378 g/mol. The van der Waals surface area contributed by atoms with Crippen molar-refractivity contribution < 1.29 is 9.53 Å². The number of hydrogen-bond donors (Lipinski definition) is 1. The maximum absolute atomic E-state index is 11.4. The van der Waals surface area contributed by atoms with E-state index in [4.69, 9.17) is 4.74 Å². The number of hydrogen-bond acceptors (Lipinski definition) is 4. The van der Waals surface area contributed by atoms with Crippen LogP contribution in [0.5, 0.6) is 5.75 Å². The van der Waals surface area contributed by atoms with Crippen molar-refractivity contribution in [2.24, 2.45) is 0 Å². The third kappa shape index (κ3) is 5.53. The van der Waals surface area contributed by atoms with Crippen LogP contribution < -0.4 is 10.1 Å². The first-order valence-electron chi connectivity index (χ1n) is 8.84. The molecule has 3 aromatic rings. The fourth-order valence-electron chi connectivity index (χ4n) is 2.46. The second-order valence-corrected chi connectivity index (χ2v) is 6.97. The highest BCUT2D eigenvalue weighted by atomic mass is 32.1. The number of thiazole rings is 1. The number of nitrogens with one attached hydrogen (secondary N) is 1. The highest BCUT2D eigenvalue weighted by Crippen LogP contribution is 2.23. The van der Waals surface area contributed by atoms with E-state index in [1.54, 1.807) is 11.3 Å². The smallest absolute Gasteiger partial charge is 0.257 e. The Balaban J connectivity index is 1.59. The van der Waals surface area contributed by atoms with E-state index in [0.717, 1.165) is 21.8 Å². The summed E-state index contributed by atoms with van der Waals surface area (Å²) in [5, 5.41) is 5.73. The van der Waals surface area contributed by atoms with Gasteiger partial charge in [0.2, 0.25) is 0 Å². The van der Waals surface area contributed by atoms with E-state index in [0.29, 0.717) is 12.3 Å². The average Bonchev–Trinajstić information content (AvgIpc) is 3.15. The Morgan fingerprint density at radius 3 is 2.56 bits per heavy atom. The molecule has 2 aromatic carbocycles. The largest absolute Gasteiger partial charge is 0.484 e. The lowest BCUT2D eigenvalue weighted by molar-refractivity contribution is -0.122. The van der Waals surface area contributed by atoms with Crippen molar-refractivity contribution in [1.82, 2.24) is 10.3 Å². The molecule has 0 aliphatic rings. The van der Waals surface area contributed by atoms with Gasteiger partial charge in [0.05, 0.1) is 5.69 Å². The van der Waals surface area contributed by atoms with Crippen LogP contribution >= 0.6 is 11.3 Å². The molecule has 0 atom stereocenters. The summed E-state index contributed by atoms with van der Waals surface area (Å²) in [5.74, 6) is 0.559. The van der Waals surface area contributed by atoms with Gasteiger partial charge in [-0.1, -0.05) is 48.0 Å². The Labute approximate surface area is 163 Å². The number of carbonyl (C=O) groups is 1. The van der Waals surface area contributed by atoms with Gasteiger partial charge in [0.15, 0.2) is 6.61 Å².